The van der Waals surface area contributed by atoms with Crippen molar-refractivity contribution in [2.45, 2.75) is 0 Å². The molecule has 4 aromatic rings. The molecule has 0 atom stereocenters. The number of hydrogen-bond acceptors (Lipinski definition) is 1. The van der Waals surface area contributed by atoms with Crippen LogP contribution in [0.4, 0.5) is 0 Å². The molecule has 0 saturated carbocycles. The molecule has 0 aliphatic carbocycles. The lowest BCUT2D eigenvalue weighted by Gasteiger charge is -2.10. The predicted molar refractivity (Wildman–Crippen MR) is 85.9 cm³/mol. The minimum absolute atomic E-state index is 0.356. The van der Waals surface area contributed by atoms with Crippen molar-refractivity contribution in [3.05, 3.63) is 72.3 Å². The third-order valence-corrected chi connectivity index (χ3v) is 3.98. The van der Waals surface area contributed by atoms with Gasteiger partial charge in [-0.2, -0.15) is 0 Å². The predicted octanol–water partition coefficient (Wildman–Crippen LogP) is 4.84. The van der Waals surface area contributed by atoms with E-state index >= 15 is 0 Å². The Morgan fingerprint density at radius 3 is 2.05 bits per heavy atom. The summed E-state index contributed by atoms with van der Waals surface area (Å²) in [6.45, 7) is 0. The number of carbonyl (C=O) groups is 1. The van der Waals surface area contributed by atoms with Crippen molar-refractivity contribution in [1.29, 1.82) is 0 Å². The second-order valence-corrected chi connectivity index (χ2v) is 5.16. The molecule has 0 aliphatic rings. The second-order valence-electron chi connectivity index (χ2n) is 5.16. The van der Waals surface area contributed by atoms with Gasteiger partial charge in [-0.1, -0.05) is 60.7 Å². The lowest BCUT2D eigenvalue weighted by atomic mass is 9.93. The van der Waals surface area contributed by atoms with Crippen LogP contribution in [0.5, 0.6) is 0 Å². The van der Waals surface area contributed by atoms with E-state index < -0.39 is 5.97 Å². The molecule has 0 fully saturated rings. The molecular formula is C19H12O2. The van der Waals surface area contributed by atoms with E-state index in [1.807, 2.05) is 42.5 Å². The molecule has 0 radical (unpaired) electrons. The first-order valence-corrected chi connectivity index (χ1v) is 6.82. The molecule has 0 heterocycles. The van der Waals surface area contributed by atoms with E-state index in [-0.39, 0.29) is 0 Å². The molecule has 1 N–H and O–H groups in total. The second kappa shape index (κ2) is 4.32. The fraction of sp³-hybridized carbons (Fsp3) is 0. The fourth-order valence-corrected chi connectivity index (χ4v) is 3.05. The maximum absolute atomic E-state index is 11.6. The minimum atomic E-state index is -0.888. The Bertz CT molecular complexity index is 1000. The van der Waals surface area contributed by atoms with E-state index in [9.17, 15) is 9.90 Å². The average molecular weight is 272 g/mol. The molecule has 21 heavy (non-hydrogen) atoms. The number of fused-ring (bicyclic) bond motifs is 5. The molecule has 4 rings (SSSR count). The molecule has 2 nitrogen and oxygen atoms in total. The Labute approximate surface area is 121 Å². The van der Waals surface area contributed by atoms with Crippen molar-refractivity contribution < 1.29 is 9.90 Å². The van der Waals surface area contributed by atoms with E-state index in [0.29, 0.717) is 5.56 Å². The third kappa shape index (κ3) is 1.69. The number of carboxylic acid groups (broad SMARTS) is 1. The summed E-state index contributed by atoms with van der Waals surface area (Å²) >= 11 is 0. The highest BCUT2D eigenvalue weighted by molar-refractivity contribution is 6.24. The van der Waals surface area contributed by atoms with Crippen LogP contribution in [-0.4, -0.2) is 11.1 Å². The Morgan fingerprint density at radius 2 is 1.33 bits per heavy atom. The number of hydrogen-bond donors (Lipinski definition) is 1. The van der Waals surface area contributed by atoms with Gasteiger partial charge in [0.05, 0.1) is 5.56 Å². The van der Waals surface area contributed by atoms with Gasteiger partial charge in [-0.3, -0.25) is 0 Å². The number of rotatable bonds is 1. The molecule has 100 valence electrons. The van der Waals surface area contributed by atoms with Crippen LogP contribution >= 0.6 is 0 Å². The maximum Gasteiger partial charge on any atom is 0.336 e. The standard InChI is InChI=1S/C19H12O2/c20-19(21)17-11-13-6-2-4-8-15(13)18-14-7-3-1-5-12(14)9-10-16(17)18/h1-11H,(H,20,21). The van der Waals surface area contributed by atoms with Crippen LogP contribution in [0.3, 0.4) is 0 Å². The fourth-order valence-electron chi connectivity index (χ4n) is 3.05. The topological polar surface area (TPSA) is 37.3 Å². The Hall–Kier alpha value is -2.87. The van der Waals surface area contributed by atoms with Crippen molar-refractivity contribution in [2.75, 3.05) is 0 Å². The Morgan fingerprint density at radius 1 is 0.714 bits per heavy atom. The normalized spacial score (nSPS) is 11.2. The van der Waals surface area contributed by atoms with Gasteiger partial charge >= 0.3 is 5.97 Å². The van der Waals surface area contributed by atoms with Gasteiger partial charge in [-0.05, 0) is 38.4 Å². The van der Waals surface area contributed by atoms with E-state index in [1.54, 1.807) is 6.07 Å². The van der Waals surface area contributed by atoms with Crippen LogP contribution in [0.25, 0.3) is 32.3 Å². The zero-order chi connectivity index (χ0) is 14.4. The summed E-state index contributed by atoms with van der Waals surface area (Å²) in [6, 6.07) is 21.7. The van der Waals surface area contributed by atoms with Crippen molar-refractivity contribution in [3.8, 4) is 0 Å². The van der Waals surface area contributed by atoms with Crippen LogP contribution in [0.2, 0.25) is 0 Å². The Kier molecular flexibility index (Phi) is 2.45. The van der Waals surface area contributed by atoms with Crippen LogP contribution in [0.1, 0.15) is 10.4 Å². The van der Waals surface area contributed by atoms with Crippen molar-refractivity contribution >= 4 is 38.3 Å². The maximum atomic E-state index is 11.6. The van der Waals surface area contributed by atoms with E-state index in [0.717, 1.165) is 32.3 Å². The highest BCUT2D eigenvalue weighted by Gasteiger charge is 2.13. The van der Waals surface area contributed by atoms with Crippen LogP contribution in [0, 0.1) is 0 Å². The smallest absolute Gasteiger partial charge is 0.336 e. The van der Waals surface area contributed by atoms with Gasteiger partial charge in [-0.25, -0.2) is 4.79 Å². The summed E-state index contributed by atoms with van der Waals surface area (Å²) < 4.78 is 0. The third-order valence-electron chi connectivity index (χ3n) is 3.98. The summed E-state index contributed by atoms with van der Waals surface area (Å²) in [4.78, 5) is 11.6. The number of benzene rings is 4. The van der Waals surface area contributed by atoms with Crippen LogP contribution in [-0.2, 0) is 0 Å². The minimum Gasteiger partial charge on any atom is -0.478 e. The first-order valence-electron chi connectivity index (χ1n) is 6.82. The van der Waals surface area contributed by atoms with Gasteiger partial charge in [0.15, 0.2) is 0 Å². The number of aromatic carboxylic acids is 1. The number of carboxylic acids is 1. The molecule has 0 bridgehead atoms. The average Bonchev–Trinajstić information content (AvgIpc) is 2.53. The first-order chi connectivity index (χ1) is 10.3. The molecule has 0 spiro atoms. The van der Waals surface area contributed by atoms with Gasteiger partial charge in [0, 0.05) is 0 Å². The van der Waals surface area contributed by atoms with Gasteiger partial charge in [-0.15, -0.1) is 0 Å². The lowest BCUT2D eigenvalue weighted by molar-refractivity contribution is 0.0699. The van der Waals surface area contributed by atoms with E-state index in [4.69, 9.17) is 0 Å². The quantitative estimate of drug-likeness (QED) is 0.503. The Balaban J connectivity index is 2.37. The van der Waals surface area contributed by atoms with Gasteiger partial charge < -0.3 is 5.11 Å². The van der Waals surface area contributed by atoms with Crippen LogP contribution in [0.15, 0.2) is 66.7 Å². The highest BCUT2D eigenvalue weighted by atomic mass is 16.4. The summed E-state index contributed by atoms with van der Waals surface area (Å²) in [7, 11) is 0. The largest absolute Gasteiger partial charge is 0.478 e. The van der Waals surface area contributed by atoms with Crippen molar-refractivity contribution in [1.82, 2.24) is 0 Å². The van der Waals surface area contributed by atoms with Gasteiger partial charge in [0.1, 0.15) is 0 Å². The van der Waals surface area contributed by atoms with Crippen LogP contribution < -0.4 is 0 Å². The monoisotopic (exact) mass is 272 g/mol. The van der Waals surface area contributed by atoms with Gasteiger partial charge in [0.2, 0.25) is 0 Å². The molecular weight excluding hydrogens is 260 g/mol. The first kappa shape index (κ1) is 11.9. The molecule has 2 heteroatoms. The summed E-state index contributed by atoms with van der Waals surface area (Å²) in [5, 5.41) is 15.6. The molecule has 0 aliphatic heterocycles. The van der Waals surface area contributed by atoms with E-state index in [2.05, 4.69) is 18.2 Å². The SMILES string of the molecule is O=C(O)c1cc2ccccc2c2c1ccc1ccccc12. The molecule has 4 aromatic carbocycles. The molecule has 0 amide bonds. The van der Waals surface area contributed by atoms with E-state index in [1.165, 1.54) is 0 Å². The summed E-state index contributed by atoms with van der Waals surface area (Å²) in [6.07, 6.45) is 0. The van der Waals surface area contributed by atoms with Crippen molar-refractivity contribution in [2.24, 2.45) is 0 Å². The molecule has 0 aromatic heterocycles. The van der Waals surface area contributed by atoms with Gasteiger partial charge in [0.25, 0.3) is 0 Å². The zero-order valence-corrected chi connectivity index (χ0v) is 11.2. The zero-order valence-electron chi connectivity index (χ0n) is 11.2. The molecule has 0 saturated heterocycles. The lowest BCUT2D eigenvalue weighted by Crippen LogP contribution is -1.98. The summed E-state index contributed by atoms with van der Waals surface area (Å²) in [5.74, 6) is -0.888. The van der Waals surface area contributed by atoms with Crippen molar-refractivity contribution in [3.63, 3.8) is 0 Å². The highest BCUT2D eigenvalue weighted by Crippen LogP contribution is 2.34. The summed E-state index contributed by atoms with van der Waals surface area (Å²) in [5.41, 5.74) is 0.356. The molecule has 0 unspecified atom stereocenters.